The number of morpholine rings is 1. The fourth-order valence-corrected chi connectivity index (χ4v) is 2.58. The predicted octanol–water partition coefficient (Wildman–Crippen LogP) is 1.20. The van der Waals surface area contributed by atoms with Crippen molar-refractivity contribution in [1.82, 2.24) is 9.47 Å². The van der Waals surface area contributed by atoms with Crippen LogP contribution in [0.25, 0.3) is 0 Å². The van der Waals surface area contributed by atoms with E-state index in [1.54, 1.807) is 10.6 Å². The van der Waals surface area contributed by atoms with Crippen molar-refractivity contribution in [2.75, 3.05) is 19.8 Å². The monoisotopic (exact) mass is 330 g/mol. The third-order valence-corrected chi connectivity index (χ3v) is 3.53. The van der Waals surface area contributed by atoms with Gasteiger partial charge in [-0.05, 0) is 28.9 Å². The van der Waals surface area contributed by atoms with E-state index in [4.69, 9.17) is 9.84 Å². The van der Waals surface area contributed by atoms with E-state index >= 15 is 0 Å². The molecule has 1 aliphatic rings. The quantitative estimate of drug-likeness (QED) is 0.903. The molecule has 0 radical (unpaired) electrons. The maximum absolute atomic E-state index is 12.5. The van der Waals surface area contributed by atoms with Crippen LogP contribution in [-0.2, 0) is 16.1 Å². The molecule has 6 nitrogen and oxygen atoms in total. The van der Waals surface area contributed by atoms with Crippen LogP contribution in [0.4, 0.5) is 0 Å². The minimum atomic E-state index is -1.04. The molecular formula is C12H15BrN2O4. The van der Waals surface area contributed by atoms with Gasteiger partial charge in [-0.1, -0.05) is 0 Å². The number of amides is 1. The summed E-state index contributed by atoms with van der Waals surface area (Å²) >= 11 is 3.33. The Morgan fingerprint density at radius 3 is 2.95 bits per heavy atom. The molecule has 1 aromatic rings. The minimum Gasteiger partial charge on any atom is -0.480 e. The lowest BCUT2D eigenvalue weighted by molar-refractivity contribution is -0.147. The number of nitrogens with zero attached hydrogens (tertiary/aromatic N) is 2. The highest BCUT2D eigenvalue weighted by molar-refractivity contribution is 9.10. The van der Waals surface area contributed by atoms with E-state index in [0.717, 1.165) is 4.47 Å². The molecule has 0 aromatic carbocycles. The number of hydrogen-bond donors (Lipinski definition) is 1. The molecular weight excluding hydrogens is 316 g/mol. The van der Waals surface area contributed by atoms with Crippen LogP contribution in [0.5, 0.6) is 0 Å². The highest BCUT2D eigenvalue weighted by atomic mass is 79.9. The topological polar surface area (TPSA) is 71.8 Å². The second-order valence-electron chi connectivity index (χ2n) is 4.26. The van der Waals surface area contributed by atoms with E-state index < -0.39 is 12.0 Å². The maximum atomic E-state index is 12.5. The van der Waals surface area contributed by atoms with E-state index in [2.05, 4.69) is 15.9 Å². The van der Waals surface area contributed by atoms with Crippen LogP contribution in [-0.4, -0.2) is 52.3 Å². The number of carbonyl (C=O) groups is 2. The van der Waals surface area contributed by atoms with Gasteiger partial charge in [0.25, 0.3) is 5.91 Å². The summed E-state index contributed by atoms with van der Waals surface area (Å²) in [5.41, 5.74) is 0.488. The van der Waals surface area contributed by atoms with Crippen molar-refractivity contribution >= 4 is 27.8 Å². The first-order valence-corrected chi connectivity index (χ1v) is 6.81. The summed E-state index contributed by atoms with van der Waals surface area (Å²) in [4.78, 5) is 25.0. The van der Waals surface area contributed by atoms with Crippen LogP contribution < -0.4 is 0 Å². The number of aryl methyl sites for hydroxylation is 1. The van der Waals surface area contributed by atoms with Crippen molar-refractivity contribution in [3.8, 4) is 0 Å². The SMILES string of the molecule is CCn1cc(Br)cc1C(=O)N1CCOC[C@H]1C(=O)O. The molecule has 0 spiro atoms. The minimum absolute atomic E-state index is 0.0368. The third kappa shape index (κ3) is 2.82. The van der Waals surface area contributed by atoms with Gasteiger partial charge >= 0.3 is 5.97 Å². The van der Waals surface area contributed by atoms with Crippen molar-refractivity contribution in [2.24, 2.45) is 0 Å². The Hall–Kier alpha value is -1.34. The molecule has 0 unspecified atom stereocenters. The summed E-state index contributed by atoms with van der Waals surface area (Å²) in [5, 5.41) is 9.15. The second kappa shape index (κ2) is 5.75. The Balaban J connectivity index is 2.28. The molecule has 1 atom stereocenters. The first kappa shape index (κ1) is 14.1. The van der Waals surface area contributed by atoms with Gasteiger partial charge in [-0.3, -0.25) is 4.79 Å². The number of carbonyl (C=O) groups excluding carboxylic acids is 1. The first-order valence-electron chi connectivity index (χ1n) is 6.01. The number of ether oxygens (including phenoxy) is 1. The first-order chi connectivity index (χ1) is 9.04. The van der Waals surface area contributed by atoms with E-state index in [1.165, 1.54) is 4.90 Å². The molecule has 104 valence electrons. The normalized spacial score (nSPS) is 19.5. The van der Waals surface area contributed by atoms with Crippen molar-refractivity contribution in [1.29, 1.82) is 0 Å². The predicted molar refractivity (Wildman–Crippen MR) is 71.1 cm³/mol. The molecule has 2 heterocycles. The van der Waals surface area contributed by atoms with Crippen molar-refractivity contribution < 1.29 is 19.4 Å². The van der Waals surface area contributed by atoms with E-state index in [9.17, 15) is 9.59 Å². The molecule has 1 N–H and O–H groups in total. The number of rotatable bonds is 3. The fraction of sp³-hybridized carbons (Fsp3) is 0.500. The number of aromatic nitrogens is 1. The lowest BCUT2D eigenvalue weighted by Gasteiger charge is -2.32. The van der Waals surface area contributed by atoms with E-state index in [1.807, 2.05) is 13.1 Å². The van der Waals surface area contributed by atoms with Gasteiger partial charge in [0.1, 0.15) is 5.69 Å². The van der Waals surface area contributed by atoms with Crippen LogP contribution in [0, 0.1) is 0 Å². The number of carboxylic acids is 1. The average Bonchev–Trinajstić information content (AvgIpc) is 2.79. The largest absolute Gasteiger partial charge is 0.480 e. The standard InChI is InChI=1S/C12H15BrN2O4/c1-2-14-6-8(13)5-9(14)11(16)15-3-4-19-7-10(15)12(17)18/h5-6,10H,2-4,7H2,1H3,(H,17,18)/t10-/m0/s1. The molecule has 1 saturated heterocycles. The zero-order valence-electron chi connectivity index (χ0n) is 10.5. The summed E-state index contributed by atoms with van der Waals surface area (Å²) < 4.78 is 7.73. The lowest BCUT2D eigenvalue weighted by atomic mass is 10.2. The molecule has 0 saturated carbocycles. The molecule has 1 aliphatic heterocycles. The Bertz CT molecular complexity index is 500. The molecule has 0 bridgehead atoms. The summed E-state index contributed by atoms with van der Waals surface area (Å²) in [5.74, 6) is -1.31. The van der Waals surface area contributed by atoms with Crippen molar-refractivity contribution in [2.45, 2.75) is 19.5 Å². The van der Waals surface area contributed by atoms with Gasteiger partial charge in [-0.2, -0.15) is 0 Å². The van der Waals surface area contributed by atoms with Gasteiger partial charge in [-0.25, -0.2) is 4.79 Å². The molecule has 0 aliphatic carbocycles. The molecule has 7 heteroatoms. The van der Waals surface area contributed by atoms with Gasteiger partial charge in [0, 0.05) is 23.8 Å². The van der Waals surface area contributed by atoms with Gasteiger partial charge < -0.3 is 19.3 Å². The fourth-order valence-electron chi connectivity index (χ4n) is 2.11. The lowest BCUT2D eigenvalue weighted by Crippen LogP contribution is -2.52. The van der Waals surface area contributed by atoms with Gasteiger partial charge in [0.15, 0.2) is 6.04 Å². The second-order valence-corrected chi connectivity index (χ2v) is 5.17. The number of hydrogen-bond acceptors (Lipinski definition) is 3. The average molecular weight is 331 g/mol. The molecule has 2 rings (SSSR count). The summed E-state index contributed by atoms with van der Waals surface area (Å²) in [6.45, 7) is 3.27. The van der Waals surface area contributed by atoms with Crippen LogP contribution in [0.15, 0.2) is 16.7 Å². The smallest absolute Gasteiger partial charge is 0.328 e. The Morgan fingerprint density at radius 1 is 1.58 bits per heavy atom. The zero-order valence-corrected chi connectivity index (χ0v) is 12.1. The highest BCUT2D eigenvalue weighted by Gasteiger charge is 2.34. The number of aliphatic carboxylic acids is 1. The maximum Gasteiger partial charge on any atom is 0.328 e. The number of carboxylic acid groups (broad SMARTS) is 1. The summed E-state index contributed by atoms with van der Waals surface area (Å²) in [6, 6.07) is 0.792. The molecule has 1 amide bonds. The third-order valence-electron chi connectivity index (χ3n) is 3.10. The van der Waals surface area contributed by atoms with Gasteiger partial charge in [-0.15, -0.1) is 0 Å². The molecule has 1 aromatic heterocycles. The van der Waals surface area contributed by atoms with Crippen LogP contribution in [0.1, 0.15) is 17.4 Å². The molecule has 19 heavy (non-hydrogen) atoms. The van der Waals surface area contributed by atoms with Gasteiger partial charge in [0.2, 0.25) is 0 Å². The van der Waals surface area contributed by atoms with E-state index in [-0.39, 0.29) is 12.5 Å². The van der Waals surface area contributed by atoms with Crippen LogP contribution in [0.3, 0.4) is 0 Å². The molecule has 1 fully saturated rings. The van der Waals surface area contributed by atoms with Crippen LogP contribution in [0.2, 0.25) is 0 Å². The van der Waals surface area contributed by atoms with Crippen molar-refractivity contribution in [3.05, 3.63) is 22.4 Å². The van der Waals surface area contributed by atoms with E-state index in [0.29, 0.717) is 25.4 Å². The highest BCUT2D eigenvalue weighted by Crippen LogP contribution is 2.19. The summed E-state index contributed by atoms with van der Waals surface area (Å²) in [7, 11) is 0. The Morgan fingerprint density at radius 2 is 2.32 bits per heavy atom. The van der Waals surface area contributed by atoms with Crippen LogP contribution >= 0.6 is 15.9 Å². The summed E-state index contributed by atoms with van der Waals surface area (Å²) in [6.07, 6.45) is 1.81. The number of halogens is 1. The zero-order chi connectivity index (χ0) is 14.0. The Labute approximate surface area is 119 Å². The Kier molecular flexibility index (Phi) is 4.26. The van der Waals surface area contributed by atoms with Gasteiger partial charge in [0.05, 0.1) is 13.2 Å². The van der Waals surface area contributed by atoms with Crippen molar-refractivity contribution in [3.63, 3.8) is 0 Å².